The molecule has 0 saturated carbocycles. The smallest absolute Gasteiger partial charge is 0.410 e. The van der Waals surface area contributed by atoms with Crippen LogP contribution < -0.4 is 0 Å². The van der Waals surface area contributed by atoms with Gasteiger partial charge in [0.15, 0.2) is 0 Å². The molecule has 1 aliphatic heterocycles. The van der Waals surface area contributed by atoms with E-state index in [1.54, 1.807) is 11.0 Å². The molecule has 1 aliphatic rings. The van der Waals surface area contributed by atoms with Crippen molar-refractivity contribution in [3.8, 4) is 0 Å². The number of halogens is 2. The van der Waals surface area contributed by atoms with E-state index in [-0.39, 0.29) is 11.9 Å². The molecule has 0 spiro atoms. The van der Waals surface area contributed by atoms with Crippen molar-refractivity contribution >= 4 is 22.0 Å². The highest BCUT2D eigenvalue weighted by Crippen LogP contribution is 2.29. The zero-order valence-electron chi connectivity index (χ0n) is 11.3. The van der Waals surface area contributed by atoms with Gasteiger partial charge in [-0.05, 0) is 60.3 Å². The minimum atomic E-state index is -0.517. The molecule has 1 aromatic carbocycles. The molecule has 1 heterocycles. The molecule has 1 aromatic rings. The molecule has 0 aliphatic carbocycles. The molecule has 104 valence electrons. The van der Waals surface area contributed by atoms with E-state index in [2.05, 4.69) is 15.9 Å². The van der Waals surface area contributed by atoms with E-state index in [0.29, 0.717) is 24.0 Å². The maximum atomic E-state index is 13.5. The van der Waals surface area contributed by atoms with Gasteiger partial charge in [0.25, 0.3) is 0 Å². The van der Waals surface area contributed by atoms with E-state index < -0.39 is 5.60 Å². The Morgan fingerprint density at radius 3 is 2.74 bits per heavy atom. The summed E-state index contributed by atoms with van der Waals surface area (Å²) in [5.74, 6) is -0.301. The Hall–Kier alpha value is -1.10. The highest BCUT2D eigenvalue weighted by atomic mass is 79.9. The Bertz CT molecular complexity index is 511. The number of hydrogen-bond donors (Lipinski definition) is 0. The summed E-state index contributed by atoms with van der Waals surface area (Å²) in [6.45, 7) is 6.47. The van der Waals surface area contributed by atoms with Crippen molar-refractivity contribution in [2.24, 2.45) is 0 Å². The minimum absolute atomic E-state index is 0.301. The molecule has 0 fully saturated rings. The SMILES string of the molecule is CC(C)(C)OC(=O)N1CCc2ccc(F)c(Br)c2C1. The number of hydrogen-bond acceptors (Lipinski definition) is 2. The molecular weight excluding hydrogens is 313 g/mol. The lowest BCUT2D eigenvalue weighted by atomic mass is 10.00. The second-order valence-corrected chi connectivity index (χ2v) is 6.44. The van der Waals surface area contributed by atoms with Gasteiger partial charge >= 0.3 is 6.09 Å². The van der Waals surface area contributed by atoms with Crippen molar-refractivity contribution < 1.29 is 13.9 Å². The van der Waals surface area contributed by atoms with Crippen LogP contribution in [0.15, 0.2) is 16.6 Å². The third-order valence-electron chi connectivity index (χ3n) is 2.94. The molecule has 0 N–H and O–H groups in total. The van der Waals surface area contributed by atoms with E-state index in [1.165, 1.54) is 6.07 Å². The number of amides is 1. The molecule has 1 amide bonds. The van der Waals surface area contributed by atoms with Crippen LogP contribution in [0, 0.1) is 5.82 Å². The van der Waals surface area contributed by atoms with Crippen LogP contribution in [-0.4, -0.2) is 23.1 Å². The predicted molar refractivity (Wildman–Crippen MR) is 74.4 cm³/mol. The van der Waals surface area contributed by atoms with E-state index in [1.807, 2.05) is 20.8 Å². The Morgan fingerprint density at radius 2 is 2.11 bits per heavy atom. The van der Waals surface area contributed by atoms with Crippen molar-refractivity contribution in [2.45, 2.75) is 39.3 Å². The Morgan fingerprint density at radius 1 is 1.42 bits per heavy atom. The number of ether oxygens (including phenoxy) is 1. The molecule has 0 saturated heterocycles. The van der Waals surface area contributed by atoms with Crippen molar-refractivity contribution in [3.63, 3.8) is 0 Å². The van der Waals surface area contributed by atoms with Crippen LogP contribution in [0.3, 0.4) is 0 Å². The molecule has 0 unspecified atom stereocenters. The summed E-state index contributed by atoms with van der Waals surface area (Å²) in [5, 5.41) is 0. The Balaban J connectivity index is 2.18. The number of nitrogens with zero attached hydrogens (tertiary/aromatic N) is 1. The molecule has 19 heavy (non-hydrogen) atoms. The number of benzene rings is 1. The summed E-state index contributed by atoms with van der Waals surface area (Å²) in [5.41, 5.74) is 1.39. The van der Waals surface area contributed by atoms with Gasteiger partial charge in [0.05, 0.1) is 11.0 Å². The van der Waals surface area contributed by atoms with Crippen LogP contribution >= 0.6 is 15.9 Å². The second kappa shape index (κ2) is 5.12. The summed E-state index contributed by atoms with van der Waals surface area (Å²) in [4.78, 5) is 13.6. The highest BCUT2D eigenvalue weighted by molar-refractivity contribution is 9.10. The molecular formula is C14H17BrFNO2. The average molecular weight is 330 g/mol. The number of carbonyl (C=O) groups is 1. The molecule has 0 atom stereocenters. The van der Waals surface area contributed by atoms with E-state index in [4.69, 9.17) is 4.74 Å². The van der Waals surface area contributed by atoms with Crippen LogP contribution in [0.1, 0.15) is 31.9 Å². The number of rotatable bonds is 0. The Labute approximate surface area is 120 Å². The standard InChI is InChI=1S/C14H17BrFNO2/c1-14(2,3)19-13(18)17-7-6-9-4-5-11(16)12(15)10(9)8-17/h4-5H,6-8H2,1-3H3. The zero-order valence-corrected chi connectivity index (χ0v) is 12.9. The molecule has 5 heteroatoms. The van der Waals surface area contributed by atoms with Crippen molar-refractivity contribution in [3.05, 3.63) is 33.5 Å². The molecule has 0 bridgehead atoms. The van der Waals surface area contributed by atoms with Gasteiger partial charge in [0, 0.05) is 6.54 Å². The van der Waals surface area contributed by atoms with Gasteiger partial charge in [0.2, 0.25) is 0 Å². The van der Waals surface area contributed by atoms with Gasteiger partial charge in [-0.2, -0.15) is 0 Å². The average Bonchev–Trinajstić information content (AvgIpc) is 2.31. The van der Waals surface area contributed by atoms with Crippen LogP contribution in [0.25, 0.3) is 0 Å². The largest absolute Gasteiger partial charge is 0.444 e. The highest BCUT2D eigenvalue weighted by Gasteiger charge is 2.27. The first-order valence-corrected chi connectivity index (χ1v) is 7.01. The zero-order chi connectivity index (χ0) is 14.2. The van der Waals surface area contributed by atoms with Crippen LogP contribution in [-0.2, 0) is 17.7 Å². The van der Waals surface area contributed by atoms with Crippen LogP contribution in [0.4, 0.5) is 9.18 Å². The summed E-state index contributed by atoms with van der Waals surface area (Å²) in [7, 11) is 0. The lowest BCUT2D eigenvalue weighted by Crippen LogP contribution is -2.40. The van der Waals surface area contributed by atoms with Gasteiger partial charge in [-0.15, -0.1) is 0 Å². The molecule has 3 nitrogen and oxygen atoms in total. The van der Waals surface area contributed by atoms with Gasteiger partial charge in [-0.3, -0.25) is 0 Å². The van der Waals surface area contributed by atoms with Gasteiger partial charge in [-0.1, -0.05) is 6.07 Å². The van der Waals surface area contributed by atoms with Gasteiger partial charge in [-0.25, -0.2) is 9.18 Å². The molecule has 0 radical (unpaired) electrons. The number of carbonyl (C=O) groups excluding carboxylic acids is 1. The summed E-state index contributed by atoms with van der Waals surface area (Å²) >= 11 is 3.25. The molecule has 0 aromatic heterocycles. The fraction of sp³-hybridized carbons (Fsp3) is 0.500. The topological polar surface area (TPSA) is 29.5 Å². The van der Waals surface area contributed by atoms with E-state index in [9.17, 15) is 9.18 Å². The number of fused-ring (bicyclic) bond motifs is 1. The fourth-order valence-corrected chi connectivity index (χ4v) is 2.56. The Kier molecular flexibility index (Phi) is 3.85. The second-order valence-electron chi connectivity index (χ2n) is 5.65. The lowest BCUT2D eigenvalue weighted by Gasteiger charge is -2.31. The maximum Gasteiger partial charge on any atom is 0.410 e. The molecule has 2 rings (SSSR count). The van der Waals surface area contributed by atoms with Gasteiger partial charge < -0.3 is 9.64 Å². The van der Waals surface area contributed by atoms with Crippen molar-refractivity contribution in [1.29, 1.82) is 0 Å². The predicted octanol–water partition coefficient (Wildman–Crippen LogP) is 3.88. The monoisotopic (exact) mass is 329 g/mol. The van der Waals surface area contributed by atoms with Crippen LogP contribution in [0.2, 0.25) is 0 Å². The fourth-order valence-electron chi connectivity index (χ4n) is 2.05. The van der Waals surface area contributed by atoms with E-state index >= 15 is 0 Å². The summed E-state index contributed by atoms with van der Waals surface area (Å²) in [6, 6.07) is 3.23. The van der Waals surface area contributed by atoms with E-state index in [0.717, 1.165) is 11.1 Å². The first-order valence-electron chi connectivity index (χ1n) is 6.21. The quantitative estimate of drug-likeness (QED) is 0.722. The lowest BCUT2D eigenvalue weighted by molar-refractivity contribution is 0.0223. The first-order chi connectivity index (χ1) is 8.78. The summed E-state index contributed by atoms with van der Waals surface area (Å²) in [6.07, 6.45) is 0.363. The maximum absolute atomic E-state index is 13.5. The van der Waals surface area contributed by atoms with Gasteiger partial charge in [0.1, 0.15) is 11.4 Å². The minimum Gasteiger partial charge on any atom is -0.444 e. The summed E-state index contributed by atoms with van der Waals surface area (Å²) < 4.78 is 19.3. The van der Waals surface area contributed by atoms with Crippen molar-refractivity contribution in [2.75, 3.05) is 6.54 Å². The van der Waals surface area contributed by atoms with Crippen LogP contribution in [0.5, 0.6) is 0 Å². The van der Waals surface area contributed by atoms with Crippen molar-refractivity contribution in [1.82, 2.24) is 4.90 Å². The third kappa shape index (κ3) is 3.26. The first kappa shape index (κ1) is 14.3. The normalized spacial score (nSPS) is 15.1. The third-order valence-corrected chi connectivity index (χ3v) is 3.80.